The highest BCUT2D eigenvalue weighted by atomic mass is 16.5. The molecule has 0 spiro atoms. The predicted molar refractivity (Wildman–Crippen MR) is 127 cm³/mol. The lowest BCUT2D eigenvalue weighted by Gasteiger charge is -2.36. The fraction of sp³-hybridized carbons (Fsp3) is 0.423. The molecule has 0 saturated carbocycles. The van der Waals surface area contributed by atoms with Gasteiger partial charge in [-0.05, 0) is 82.2 Å². The quantitative estimate of drug-likeness (QED) is 0.606. The summed E-state index contributed by atoms with van der Waals surface area (Å²) in [5, 5.41) is 0. The van der Waals surface area contributed by atoms with E-state index in [9.17, 15) is 9.59 Å². The van der Waals surface area contributed by atoms with Gasteiger partial charge in [-0.25, -0.2) is 0 Å². The largest absolute Gasteiger partial charge is 0.491 e. The molecule has 33 heavy (non-hydrogen) atoms. The van der Waals surface area contributed by atoms with E-state index in [1.165, 1.54) is 4.90 Å². The number of imide groups is 1. The smallest absolute Gasteiger partial charge is 0.278 e. The molecular weight excluding hydrogens is 416 g/mol. The number of rotatable bonds is 7. The number of hydrogen-bond acceptors (Lipinski definition) is 6. The Kier molecular flexibility index (Phi) is 6.79. The molecule has 0 radical (unpaired) electrons. The molecule has 2 aromatic rings. The summed E-state index contributed by atoms with van der Waals surface area (Å²) >= 11 is 0. The van der Waals surface area contributed by atoms with Crippen molar-refractivity contribution in [3.8, 4) is 5.75 Å². The van der Waals surface area contributed by atoms with Crippen LogP contribution in [0.5, 0.6) is 5.75 Å². The number of carbonyl (C=O) groups excluding carboxylic acids is 2. The van der Waals surface area contributed by atoms with Crippen molar-refractivity contribution in [3.05, 3.63) is 65.6 Å². The summed E-state index contributed by atoms with van der Waals surface area (Å²) in [6.45, 7) is 6.12. The molecule has 3 heterocycles. The summed E-state index contributed by atoms with van der Waals surface area (Å²) in [6.07, 6.45) is 5.32. The molecule has 2 aliphatic heterocycles. The number of pyridine rings is 1. The van der Waals surface area contributed by atoms with E-state index in [2.05, 4.69) is 16.9 Å². The maximum Gasteiger partial charge on any atom is 0.278 e. The lowest BCUT2D eigenvalue weighted by molar-refractivity contribution is -0.138. The first-order valence-corrected chi connectivity index (χ1v) is 11.5. The van der Waals surface area contributed by atoms with Crippen LogP contribution < -0.4 is 4.74 Å². The summed E-state index contributed by atoms with van der Waals surface area (Å²) in [5.41, 5.74) is 2.55. The average molecular weight is 449 g/mol. The number of nitrogens with zero attached hydrogens (tertiary/aromatic N) is 4. The molecule has 0 bridgehead atoms. The highest BCUT2D eigenvalue weighted by Gasteiger charge is 2.42. The lowest BCUT2D eigenvalue weighted by Crippen LogP contribution is -2.43. The standard InChI is InChI=1S/C26H32N4O3/c1-18(2)33-22-7-5-20(6-8-22)23-24(29(4)21-11-15-28(3)16-12-21)26(32)30(25(23)31)17-19-9-13-27-14-10-19/h5-10,13-14,18,21H,11-12,15-17H2,1-4H3. The van der Waals surface area contributed by atoms with Gasteiger partial charge >= 0.3 is 0 Å². The van der Waals surface area contributed by atoms with Crippen molar-refractivity contribution < 1.29 is 14.3 Å². The molecule has 7 heteroatoms. The van der Waals surface area contributed by atoms with Gasteiger partial charge in [0, 0.05) is 25.5 Å². The summed E-state index contributed by atoms with van der Waals surface area (Å²) in [4.78, 5) is 36.9. The third kappa shape index (κ3) is 4.93. The zero-order valence-electron chi connectivity index (χ0n) is 19.8. The van der Waals surface area contributed by atoms with Crippen molar-refractivity contribution >= 4 is 17.4 Å². The Bertz CT molecular complexity index is 1030. The van der Waals surface area contributed by atoms with Crippen LogP contribution in [0.4, 0.5) is 0 Å². The summed E-state index contributed by atoms with van der Waals surface area (Å²) in [7, 11) is 4.06. The SMILES string of the molecule is CC(C)Oc1ccc(C2=C(N(C)C3CCN(C)CC3)C(=O)N(Cc3ccncc3)C2=O)cc1. The number of piperidine rings is 1. The second-order valence-corrected chi connectivity index (χ2v) is 9.11. The molecule has 7 nitrogen and oxygen atoms in total. The number of hydrogen-bond donors (Lipinski definition) is 0. The van der Waals surface area contributed by atoms with Crippen molar-refractivity contribution in [2.45, 2.75) is 45.4 Å². The molecule has 0 N–H and O–H groups in total. The normalized spacial score (nSPS) is 17.9. The minimum absolute atomic E-state index is 0.0618. The Hall–Kier alpha value is -3.19. The minimum Gasteiger partial charge on any atom is -0.491 e. The van der Waals surface area contributed by atoms with Gasteiger partial charge in [-0.2, -0.15) is 0 Å². The Labute approximate surface area is 195 Å². The van der Waals surface area contributed by atoms with E-state index in [4.69, 9.17) is 4.74 Å². The van der Waals surface area contributed by atoms with E-state index in [1.54, 1.807) is 12.4 Å². The van der Waals surface area contributed by atoms with Crippen LogP contribution in [0.15, 0.2) is 54.5 Å². The Morgan fingerprint density at radius 3 is 2.27 bits per heavy atom. The molecule has 2 amide bonds. The molecule has 2 aliphatic rings. The van der Waals surface area contributed by atoms with Crippen LogP contribution in [0.1, 0.15) is 37.8 Å². The van der Waals surface area contributed by atoms with Crippen molar-refractivity contribution in [3.63, 3.8) is 0 Å². The molecular formula is C26H32N4O3. The predicted octanol–water partition coefficient (Wildman–Crippen LogP) is 3.17. The number of ether oxygens (including phenoxy) is 1. The van der Waals surface area contributed by atoms with E-state index in [0.29, 0.717) is 11.3 Å². The van der Waals surface area contributed by atoms with Gasteiger partial charge in [-0.1, -0.05) is 12.1 Å². The van der Waals surface area contributed by atoms with Gasteiger partial charge < -0.3 is 14.5 Å². The zero-order valence-corrected chi connectivity index (χ0v) is 19.8. The summed E-state index contributed by atoms with van der Waals surface area (Å²) in [5.74, 6) is 0.241. The van der Waals surface area contributed by atoms with Gasteiger partial charge in [0.2, 0.25) is 0 Å². The van der Waals surface area contributed by atoms with E-state index >= 15 is 0 Å². The molecule has 4 rings (SSSR count). The first kappa shape index (κ1) is 23.0. The fourth-order valence-corrected chi connectivity index (χ4v) is 4.50. The van der Waals surface area contributed by atoms with E-state index in [1.807, 2.05) is 62.2 Å². The maximum atomic E-state index is 13.6. The Morgan fingerprint density at radius 1 is 1.03 bits per heavy atom. The van der Waals surface area contributed by atoms with Gasteiger partial charge in [0.1, 0.15) is 11.4 Å². The number of likely N-dealkylation sites (N-methyl/N-ethyl adjacent to an activating group) is 1. The molecule has 1 fully saturated rings. The molecule has 0 atom stereocenters. The van der Waals surface area contributed by atoms with Crippen molar-refractivity contribution in [2.24, 2.45) is 0 Å². The molecule has 1 saturated heterocycles. The summed E-state index contributed by atoms with van der Waals surface area (Å²) < 4.78 is 5.76. The number of likely N-dealkylation sites (tertiary alicyclic amines) is 1. The van der Waals surface area contributed by atoms with Crippen LogP contribution >= 0.6 is 0 Å². The maximum absolute atomic E-state index is 13.6. The summed E-state index contributed by atoms with van der Waals surface area (Å²) in [6, 6.07) is 11.3. The zero-order chi connectivity index (χ0) is 23.5. The number of amides is 2. The van der Waals surface area contributed by atoms with E-state index in [0.717, 1.165) is 42.8 Å². The number of benzene rings is 1. The molecule has 174 valence electrons. The molecule has 0 unspecified atom stereocenters. The van der Waals surface area contributed by atoms with Crippen molar-refractivity contribution in [1.29, 1.82) is 0 Å². The van der Waals surface area contributed by atoms with E-state index in [-0.39, 0.29) is 30.5 Å². The van der Waals surface area contributed by atoms with Gasteiger partial charge in [0.25, 0.3) is 11.8 Å². The topological polar surface area (TPSA) is 66.0 Å². The first-order valence-electron chi connectivity index (χ1n) is 11.5. The van der Waals surface area contributed by atoms with Crippen LogP contribution in [0.25, 0.3) is 5.57 Å². The lowest BCUT2D eigenvalue weighted by atomic mass is 10.00. The minimum atomic E-state index is -0.260. The van der Waals surface area contributed by atoms with Crippen LogP contribution in [0.3, 0.4) is 0 Å². The van der Waals surface area contributed by atoms with Crippen LogP contribution in [0.2, 0.25) is 0 Å². The van der Waals surface area contributed by atoms with Crippen molar-refractivity contribution in [1.82, 2.24) is 19.7 Å². The van der Waals surface area contributed by atoms with Crippen LogP contribution in [-0.2, 0) is 16.1 Å². The Morgan fingerprint density at radius 2 is 1.67 bits per heavy atom. The average Bonchev–Trinajstić information content (AvgIpc) is 3.05. The third-order valence-corrected chi connectivity index (χ3v) is 6.34. The number of aromatic nitrogens is 1. The van der Waals surface area contributed by atoms with Crippen LogP contribution in [-0.4, -0.2) is 70.8 Å². The van der Waals surface area contributed by atoms with Crippen molar-refractivity contribution in [2.75, 3.05) is 27.2 Å². The molecule has 1 aromatic carbocycles. The molecule has 1 aromatic heterocycles. The number of carbonyl (C=O) groups is 2. The van der Waals surface area contributed by atoms with Gasteiger partial charge in [0.15, 0.2) is 0 Å². The second kappa shape index (κ2) is 9.75. The van der Waals surface area contributed by atoms with Crippen LogP contribution in [0, 0.1) is 0 Å². The van der Waals surface area contributed by atoms with Gasteiger partial charge in [-0.3, -0.25) is 19.5 Å². The Balaban J connectivity index is 1.69. The van der Waals surface area contributed by atoms with E-state index < -0.39 is 0 Å². The highest BCUT2D eigenvalue weighted by molar-refractivity contribution is 6.35. The first-order chi connectivity index (χ1) is 15.8. The van der Waals surface area contributed by atoms with Gasteiger partial charge in [-0.15, -0.1) is 0 Å². The second-order valence-electron chi connectivity index (χ2n) is 9.11. The highest BCUT2D eigenvalue weighted by Crippen LogP contribution is 2.35. The molecule has 0 aliphatic carbocycles. The fourth-order valence-electron chi connectivity index (χ4n) is 4.50. The third-order valence-electron chi connectivity index (χ3n) is 6.34. The monoisotopic (exact) mass is 448 g/mol. The van der Waals surface area contributed by atoms with Gasteiger partial charge in [0.05, 0.1) is 18.2 Å².